The molecule has 0 saturated heterocycles. The van der Waals surface area contributed by atoms with E-state index >= 15 is 0 Å². The van der Waals surface area contributed by atoms with Crippen LogP contribution >= 0.6 is 0 Å². The summed E-state index contributed by atoms with van der Waals surface area (Å²) in [5.74, 6) is 0.339. The lowest BCUT2D eigenvalue weighted by Crippen LogP contribution is -2.16. The lowest BCUT2D eigenvalue weighted by atomic mass is 10.1. The molecule has 2 aromatic carbocycles. The summed E-state index contributed by atoms with van der Waals surface area (Å²) in [5, 5.41) is 7.46. The molecule has 182 valence electrons. The number of carbonyl (C=O) groups excluding carboxylic acids is 1. The van der Waals surface area contributed by atoms with Gasteiger partial charge < -0.3 is 10.1 Å². The molecule has 0 bridgehead atoms. The molecular formula is C26H30F3N3O2. The average Bonchev–Trinajstić information content (AvgIpc) is 3.22. The minimum absolute atomic E-state index is 0.0879. The van der Waals surface area contributed by atoms with E-state index in [0.717, 1.165) is 36.9 Å². The predicted octanol–water partition coefficient (Wildman–Crippen LogP) is 6.92. The summed E-state index contributed by atoms with van der Waals surface area (Å²) in [7, 11) is 0. The zero-order valence-corrected chi connectivity index (χ0v) is 19.3. The standard InChI is InChI=1S/C26H30F3N3O2/c1-2-3-4-5-9-15-25(33)30-24-17-23(32(31-24)22-13-7-6-8-14-22)21-12-10-11-20(16-21)18-34-19-26(27,28)29/h6-8,10-14,16-17H,2-5,9,15,18-19H2,1H3,(H,30,31,33). The van der Waals surface area contributed by atoms with Gasteiger partial charge in [0.05, 0.1) is 18.0 Å². The number of carbonyl (C=O) groups is 1. The van der Waals surface area contributed by atoms with Gasteiger partial charge in [-0.1, -0.05) is 69.0 Å². The van der Waals surface area contributed by atoms with Crippen molar-refractivity contribution < 1.29 is 22.7 Å². The van der Waals surface area contributed by atoms with Gasteiger partial charge in [-0.2, -0.15) is 13.2 Å². The van der Waals surface area contributed by atoms with E-state index in [9.17, 15) is 18.0 Å². The zero-order valence-electron chi connectivity index (χ0n) is 19.3. The van der Waals surface area contributed by atoms with Crippen molar-refractivity contribution in [1.82, 2.24) is 9.78 Å². The molecule has 1 heterocycles. The summed E-state index contributed by atoms with van der Waals surface area (Å²) in [4.78, 5) is 12.4. The third-order valence-electron chi connectivity index (χ3n) is 5.24. The quantitative estimate of drug-likeness (QED) is 0.291. The summed E-state index contributed by atoms with van der Waals surface area (Å²) in [6, 6.07) is 18.3. The first-order valence-electron chi connectivity index (χ1n) is 11.5. The van der Waals surface area contributed by atoms with Crippen molar-refractivity contribution in [1.29, 1.82) is 0 Å². The van der Waals surface area contributed by atoms with Crippen molar-refractivity contribution in [2.24, 2.45) is 0 Å². The summed E-state index contributed by atoms with van der Waals surface area (Å²) < 4.78 is 43.8. The number of anilines is 1. The van der Waals surface area contributed by atoms with E-state index in [-0.39, 0.29) is 12.5 Å². The molecule has 0 unspecified atom stereocenters. The molecule has 3 aromatic rings. The maximum atomic E-state index is 12.4. The van der Waals surface area contributed by atoms with E-state index in [2.05, 4.69) is 17.3 Å². The number of hydrogen-bond acceptors (Lipinski definition) is 3. The van der Waals surface area contributed by atoms with Gasteiger partial charge in [0.15, 0.2) is 5.82 Å². The van der Waals surface area contributed by atoms with Crippen molar-refractivity contribution in [3.63, 3.8) is 0 Å². The van der Waals surface area contributed by atoms with Gasteiger partial charge in [0.25, 0.3) is 0 Å². The highest BCUT2D eigenvalue weighted by Gasteiger charge is 2.27. The molecule has 0 saturated carbocycles. The Kier molecular flexibility index (Phi) is 9.27. The molecule has 0 spiro atoms. The lowest BCUT2D eigenvalue weighted by molar-refractivity contribution is -0.176. The molecule has 5 nitrogen and oxygen atoms in total. The number of nitrogens with one attached hydrogen (secondary N) is 1. The van der Waals surface area contributed by atoms with Crippen LogP contribution in [0.25, 0.3) is 16.9 Å². The molecule has 0 atom stereocenters. The fraction of sp³-hybridized carbons (Fsp3) is 0.385. The van der Waals surface area contributed by atoms with Crippen molar-refractivity contribution in [3.05, 3.63) is 66.2 Å². The van der Waals surface area contributed by atoms with E-state index in [4.69, 9.17) is 4.74 Å². The van der Waals surface area contributed by atoms with Gasteiger partial charge >= 0.3 is 6.18 Å². The highest BCUT2D eigenvalue weighted by Crippen LogP contribution is 2.27. The Morgan fingerprint density at radius 2 is 1.76 bits per heavy atom. The van der Waals surface area contributed by atoms with Gasteiger partial charge in [0, 0.05) is 18.1 Å². The van der Waals surface area contributed by atoms with Gasteiger partial charge in [-0.15, -0.1) is 5.10 Å². The summed E-state index contributed by atoms with van der Waals surface area (Å²) >= 11 is 0. The molecule has 0 aliphatic heterocycles. The van der Waals surface area contributed by atoms with E-state index < -0.39 is 12.8 Å². The first kappa shape index (κ1) is 25.5. The predicted molar refractivity (Wildman–Crippen MR) is 127 cm³/mol. The van der Waals surface area contributed by atoms with Crippen LogP contribution in [0.1, 0.15) is 51.0 Å². The summed E-state index contributed by atoms with van der Waals surface area (Å²) in [5.41, 5.74) is 2.88. The highest BCUT2D eigenvalue weighted by molar-refractivity contribution is 5.90. The number of hydrogen-bond donors (Lipinski definition) is 1. The first-order valence-corrected chi connectivity index (χ1v) is 11.5. The Morgan fingerprint density at radius 3 is 2.50 bits per heavy atom. The van der Waals surface area contributed by atoms with Crippen molar-refractivity contribution in [2.75, 3.05) is 11.9 Å². The Hall–Kier alpha value is -3.13. The highest BCUT2D eigenvalue weighted by atomic mass is 19.4. The fourth-order valence-corrected chi connectivity index (χ4v) is 3.61. The lowest BCUT2D eigenvalue weighted by Gasteiger charge is -2.10. The van der Waals surface area contributed by atoms with E-state index in [1.807, 2.05) is 36.4 Å². The number of unbranched alkanes of at least 4 members (excludes halogenated alkanes) is 4. The molecule has 0 aliphatic carbocycles. The number of para-hydroxylation sites is 1. The molecule has 0 fully saturated rings. The second kappa shape index (κ2) is 12.4. The number of amides is 1. The summed E-state index contributed by atoms with van der Waals surface area (Å²) in [6.07, 6.45) is 1.37. The van der Waals surface area contributed by atoms with Crippen LogP contribution in [0.2, 0.25) is 0 Å². The molecule has 1 amide bonds. The van der Waals surface area contributed by atoms with Crippen molar-refractivity contribution in [2.45, 2.75) is 58.2 Å². The summed E-state index contributed by atoms with van der Waals surface area (Å²) in [6.45, 7) is 0.695. The van der Waals surface area contributed by atoms with Crippen LogP contribution in [-0.2, 0) is 16.1 Å². The van der Waals surface area contributed by atoms with Crippen molar-refractivity contribution >= 4 is 11.7 Å². The minimum Gasteiger partial charge on any atom is -0.367 e. The third-order valence-corrected chi connectivity index (χ3v) is 5.24. The van der Waals surface area contributed by atoms with Gasteiger partial charge in [-0.05, 0) is 30.2 Å². The molecule has 0 radical (unpaired) electrons. The molecule has 0 aliphatic rings. The molecular weight excluding hydrogens is 443 g/mol. The maximum Gasteiger partial charge on any atom is 0.411 e. The normalized spacial score (nSPS) is 11.5. The van der Waals surface area contributed by atoms with Gasteiger partial charge in [-0.25, -0.2) is 4.68 Å². The topological polar surface area (TPSA) is 56.1 Å². The van der Waals surface area contributed by atoms with E-state index in [1.54, 1.807) is 28.9 Å². The Morgan fingerprint density at radius 1 is 1.00 bits per heavy atom. The Balaban J connectivity index is 1.78. The largest absolute Gasteiger partial charge is 0.411 e. The van der Waals surface area contributed by atoms with Crippen LogP contribution < -0.4 is 5.32 Å². The fourth-order valence-electron chi connectivity index (χ4n) is 3.61. The molecule has 34 heavy (non-hydrogen) atoms. The number of ether oxygens (including phenoxy) is 1. The van der Waals surface area contributed by atoms with Gasteiger partial charge in [0.1, 0.15) is 6.61 Å². The Labute approximate surface area is 197 Å². The monoisotopic (exact) mass is 473 g/mol. The second-order valence-corrected chi connectivity index (χ2v) is 8.18. The van der Waals surface area contributed by atoms with Gasteiger partial charge in [0.2, 0.25) is 5.91 Å². The van der Waals surface area contributed by atoms with Crippen LogP contribution in [0, 0.1) is 0 Å². The molecule has 3 rings (SSSR count). The number of benzene rings is 2. The average molecular weight is 474 g/mol. The van der Waals surface area contributed by atoms with E-state index in [0.29, 0.717) is 23.5 Å². The number of aromatic nitrogens is 2. The maximum absolute atomic E-state index is 12.4. The van der Waals surface area contributed by atoms with Crippen molar-refractivity contribution in [3.8, 4) is 16.9 Å². The van der Waals surface area contributed by atoms with Gasteiger partial charge in [-0.3, -0.25) is 4.79 Å². The van der Waals surface area contributed by atoms with Crippen LogP contribution in [0.3, 0.4) is 0 Å². The first-order chi connectivity index (χ1) is 16.4. The SMILES string of the molecule is CCCCCCCC(=O)Nc1cc(-c2cccc(COCC(F)(F)F)c2)n(-c2ccccc2)n1. The van der Waals surface area contributed by atoms with Crippen LogP contribution in [0.5, 0.6) is 0 Å². The second-order valence-electron chi connectivity index (χ2n) is 8.18. The molecule has 1 aromatic heterocycles. The number of rotatable bonds is 12. The van der Waals surface area contributed by atoms with E-state index in [1.165, 1.54) is 6.42 Å². The smallest absolute Gasteiger partial charge is 0.367 e. The Bertz CT molecular complexity index is 1050. The minimum atomic E-state index is -4.37. The number of nitrogens with zero attached hydrogens (tertiary/aromatic N) is 2. The molecule has 1 N–H and O–H groups in total. The van der Waals surface area contributed by atoms with Crippen LogP contribution in [0.15, 0.2) is 60.7 Å². The number of halogens is 3. The third kappa shape index (κ3) is 8.02. The van der Waals surface area contributed by atoms with Crippen LogP contribution in [0.4, 0.5) is 19.0 Å². The number of alkyl halides is 3. The van der Waals surface area contributed by atoms with Crippen LogP contribution in [-0.4, -0.2) is 28.5 Å². The molecule has 8 heteroatoms. The zero-order chi connectivity index (χ0) is 24.4.